The molecule has 56 heavy (non-hydrogen) atoms. The molecule has 8 heteroatoms. The highest BCUT2D eigenvalue weighted by molar-refractivity contribution is 5.84. The Morgan fingerprint density at radius 2 is 0.500 bits per heavy atom. The van der Waals surface area contributed by atoms with Gasteiger partial charge < -0.3 is 19.9 Å². The van der Waals surface area contributed by atoms with E-state index in [0.717, 1.165) is 115 Å². The molecule has 0 aliphatic carbocycles. The first-order valence-corrected chi connectivity index (χ1v) is 19.8. The van der Waals surface area contributed by atoms with E-state index < -0.39 is 0 Å². The molecule has 8 nitrogen and oxygen atoms in total. The topological polar surface area (TPSA) is 78.7 Å². The normalized spacial score (nSPS) is 12.8. The molecule has 8 aromatic rings. The summed E-state index contributed by atoms with van der Waals surface area (Å²) in [5.74, 6) is 0. The average Bonchev–Trinajstić information content (AvgIpc) is 4.10. The number of H-pyrrole nitrogens is 4. The summed E-state index contributed by atoms with van der Waals surface area (Å²) < 4.78 is 8.78. The van der Waals surface area contributed by atoms with Gasteiger partial charge in [0.25, 0.3) is 0 Å². The zero-order chi connectivity index (χ0) is 38.2. The third-order valence-electron chi connectivity index (χ3n) is 11.1. The molecule has 0 fully saturated rings. The van der Waals surface area contributed by atoms with Gasteiger partial charge >= 0.3 is 0 Å². The first-order chi connectivity index (χ1) is 27.5. The lowest BCUT2D eigenvalue weighted by atomic mass is 10.0. The van der Waals surface area contributed by atoms with Crippen LogP contribution in [-0.4, -0.2) is 19.9 Å². The van der Waals surface area contributed by atoms with E-state index in [1.807, 2.05) is 0 Å². The Morgan fingerprint density at radius 1 is 0.286 bits per heavy atom. The van der Waals surface area contributed by atoms with Crippen LogP contribution in [0.4, 0.5) is 0 Å². The van der Waals surface area contributed by atoms with Crippen molar-refractivity contribution in [2.75, 3.05) is 0 Å². The van der Waals surface area contributed by atoms with Gasteiger partial charge in [0, 0.05) is 115 Å². The van der Waals surface area contributed by atoms with E-state index in [1.54, 1.807) is 0 Å². The highest BCUT2D eigenvalue weighted by Crippen LogP contribution is 2.27. The average molecular weight is 737 g/mol. The van der Waals surface area contributed by atoms with Gasteiger partial charge in [0.05, 0.1) is 0 Å². The number of aromatic nitrogens is 8. The zero-order valence-corrected chi connectivity index (χ0v) is 32.5. The Hall–Kier alpha value is -6.80. The summed E-state index contributed by atoms with van der Waals surface area (Å²) in [6, 6.07) is 35.5. The molecule has 1 aliphatic heterocycles. The molecule has 9 heterocycles. The molecule has 4 N–H and O–H groups in total. The smallest absolute Gasteiger partial charge is 0.169 e. The van der Waals surface area contributed by atoms with E-state index in [9.17, 15) is 0 Å². The van der Waals surface area contributed by atoms with Crippen LogP contribution >= 0.6 is 0 Å². The lowest BCUT2D eigenvalue weighted by molar-refractivity contribution is -0.693. The van der Waals surface area contributed by atoms with Crippen molar-refractivity contribution in [1.82, 2.24) is 19.9 Å². The molecule has 8 aromatic heterocycles. The summed E-state index contributed by atoms with van der Waals surface area (Å²) in [5, 5.41) is 4.14. The van der Waals surface area contributed by atoms with Gasteiger partial charge in [-0.25, -0.2) is 18.3 Å². The maximum atomic E-state index is 3.91. The van der Waals surface area contributed by atoms with Gasteiger partial charge in [0.15, 0.2) is 49.6 Å². The maximum absolute atomic E-state index is 3.91. The molecule has 1 aliphatic rings. The van der Waals surface area contributed by atoms with E-state index in [4.69, 9.17) is 0 Å². The van der Waals surface area contributed by atoms with Crippen molar-refractivity contribution in [2.45, 2.75) is 53.9 Å². The molecule has 0 saturated heterocycles. The third-order valence-corrected chi connectivity index (χ3v) is 11.1. The van der Waals surface area contributed by atoms with Gasteiger partial charge in [-0.3, -0.25) is 0 Å². The molecule has 0 radical (unpaired) electrons. The van der Waals surface area contributed by atoms with E-state index >= 15 is 0 Å². The molecule has 0 aromatic carbocycles. The van der Waals surface area contributed by atoms with E-state index in [0.29, 0.717) is 0 Å². The highest BCUT2D eigenvalue weighted by atomic mass is 14.9. The standard InChI is InChI=1S/C48H46N8/c1-5-53-25-17-33(18-26-53)45-37-9-11-39(49-37)46(34-19-27-54(6-2)28-20-34)41-13-15-43(51-41)48(36-23-31-56(8-4)32-24-36)44-16-14-42(52-44)47(40-12-10-38(45)50-40)35-21-29-55(7-3)30-22-35/h9-32H,5-8H2,1-4H3,(H2,49,50,51,52)/q+2/p+2. The van der Waals surface area contributed by atoms with Crippen molar-refractivity contribution in [3.8, 4) is 0 Å². The zero-order valence-electron chi connectivity index (χ0n) is 32.5. The predicted molar refractivity (Wildman–Crippen MR) is 217 cm³/mol. The van der Waals surface area contributed by atoms with Crippen LogP contribution in [0.15, 0.2) is 147 Å². The quantitative estimate of drug-likeness (QED) is 0.173. The van der Waals surface area contributed by atoms with Crippen molar-refractivity contribution < 1.29 is 18.3 Å². The fraction of sp³-hybridized carbons (Fsp3) is 0.167. The second kappa shape index (κ2) is 14.8. The van der Waals surface area contributed by atoms with Crippen molar-refractivity contribution in [1.29, 1.82) is 0 Å². The van der Waals surface area contributed by atoms with Gasteiger partial charge in [0.2, 0.25) is 0 Å². The number of rotatable bonds is 8. The number of hydrogen-bond donors (Lipinski definition) is 4. The largest absolute Gasteiger partial charge is 0.354 e. The number of fused-ring (bicyclic) bond motifs is 8. The molecule has 9 rings (SSSR count). The Balaban J connectivity index is 1.40. The van der Waals surface area contributed by atoms with Crippen LogP contribution in [0.1, 0.15) is 72.7 Å². The lowest BCUT2D eigenvalue weighted by Gasteiger charge is -2.09. The minimum atomic E-state index is 0.911. The monoisotopic (exact) mass is 736 g/mol. The fourth-order valence-corrected chi connectivity index (χ4v) is 7.91. The first kappa shape index (κ1) is 34.9. The van der Waals surface area contributed by atoms with Crippen molar-refractivity contribution in [3.63, 3.8) is 0 Å². The minimum Gasteiger partial charge on any atom is -0.354 e. The molecule has 0 amide bonds. The number of hydrogen-bond acceptors (Lipinski definition) is 0. The number of pyridine rings is 4. The second-order valence-corrected chi connectivity index (χ2v) is 14.3. The van der Waals surface area contributed by atoms with E-state index in [-0.39, 0.29) is 0 Å². The van der Waals surface area contributed by atoms with Crippen LogP contribution in [0.2, 0.25) is 0 Å². The summed E-state index contributed by atoms with van der Waals surface area (Å²) in [7, 11) is 0. The summed E-state index contributed by atoms with van der Waals surface area (Å²) in [4.78, 5) is 15.6. The SMILES string of the molecule is CC[n+]1ccc(C2=c3ccc([nH]3)=C(c3cc[n+](CC)cc3)c3ccc([nH]3)C(c3cc[n+](CC)cc3)=c3ccc([nH]3)=C(c3cc[n+](CC)cc3)c3ccc2[nH]3)cc1. The van der Waals surface area contributed by atoms with Crippen molar-refractivity contribution >= 4 is 22.3 Å². The van der Waals surface area contributed by atoms with Crippen LogP contribution in [0.5, 0.6) is 0 Å². The molecule has 276 valence electrons. The number of aromatic amines is 4. The molecule has 0 spiro atoms. The summed E-state index contributed by atoms with van der Waals surface area (Å²) in [5.41, 5.74) is 13.1. The Labute approximate surface area is 326 Å². The molecule has 0 unspecified atom stereocenters. The third kappa shape index (κ3) is 6.43. The molecule has 8 bridgehead atoms. The van der Waals surface area contributed by atoms with Gasteiger partial charge in [-0.05, 0) is 98.5 Å². The Bertz CT molecular complexity index is 2520. The number of nitrogens with one attached hydrogen (secondary N) is 4. The molecule has 0 saturated carbocycles. The van der Waals surface area contributed by atoms with Crippen LogP contribution < -0.4 is 39.7 Å². The van der Waals surface area contributed by atoms with E-state index in [2.05, 4.69) is 213 Å². The number of aryl methyl sites for hydroxylation is 4. The first-order valence-electron chi connectivity index (χ1n) is 19.8. The van der Waals surface area contributed by atoms with Gasteiger partial charge in [0.1, 0.15) is 26.2 Å². The Kier molecular flexibility index (Phi) is 9.23. The highest BCUT2D eigenvalue weighted by Gasteiger charge is 2.20. The summed E-state index contributed by atoms with van der Waals surface area (Å²) in [6.45, 7) is 12.3. The van der Waals surface area contributed by atoms with Crippen LogP contribution in [-0.2, 0) is 26.2 Å². The van der Waals surface area contributed by atoms with E-state index in [1.165, 1.54) is 0 Å². The molecule has 0 atom stereocenters. The second-order valence-electron chi connectivity index (χ2n) is 14.3. The summed E-state index contributed by atoms with van der Waals surface area (Å²) in [6.07, 6.45) is 17.3. The number of nitrogens with zero attached hydrogens (tertiary/aromatic N) is 4. The van der Waals surface area contributed by atoms with Crippen molar-refractivity contribution in [3.05, 3.63) is 213 Å². The molecular formula is C48H48N8+4. The van der Waals surface area contributed by atoms with Crippen LogP contribution in [0.25, 0.3) is 22.3 Å². The van der Waals surface area contributed by atoms with Crippen LogP contribution in [0.3, 0.4) is 0 Å². The predicted octanol–water partition coefficient (Wildman–Crippen LogP) is 3.53. The molecular weight excluding hydrogens is 689 g/mol. The summed E-state index contributed by atoms with van der Waals surface area (Å²) >= 11 is 0. The fourth-order valence-electron chi connectivity index (χ4n) is 7.91. The maximum Gasteiger partial charge on any atom is 0.169 e. The van der Waals surface area contributed by atoms with Gasteiger partial charge in [-0.15, -0.1) is 0 Å². The van der Waals surface area contributed by atoms with Crippen molar-refractivity contribution in [2.24, 2.45) is 0 Å². The lowest BCUT2D eigenvalue weighted by Crippen LogP contribution is -2.31. The van der Waals surface area contributed by atoms with Gasteiger partial charge in [-0.2, -0.15) is 0 Å². The minimum absolute atomic E-state index is 0.911. The Morgan fingerprint density at radius 3 is 0.696 bits per heavy atom. The van der Waals surface area contributed by atoms with Gasteiger partial charge in [-0.1, -0.05) is 0 Å². The van der Waals surface area contributed by atoms with Crippen LogP contribution in [0, 0.1) is 0 Å².